The van der Waals surface area contributed by atoms with Crippen LogP contribution in [-0.4, -0.2) is 13.0 Å². The summed E-state index contributed by atoms with van der Waals surface area (Å²) in [5, 5.41) is 0.977. The molecule has 3 aromatic carbocycles. The average Bonchev–Trinajstić information content (AvgIpc) is 3.19. The second kappa shape index (κ2) is 8.82. The first-order chi connectivity index (χ1) is 16.7. The summed E-state index contributed by atoms with van der Waals surface area (Å²) in [5.41, 5.74) is 1.47. The Morgan fingerprint density at radius 2 is 1.37 bits per heavy atom. The van der Waals surface area contributed by atoms with E-state index in [0.717, 1.165) is 10.4 Å². The van der Waals surface area contributed by atoms with Crippen molar-refractivity contribution in [3.63, 3.8) is 0 Å². The van der Waals surface area contributed by atoms with Crippen molar-refractivity contribution in [2.24, 2.45) is 0 Å². The Bertz CT molecular complexity index is 1590. The molecule has 0 spiro atoms. The van der Waals surface area contributed by atoms with Gasteiger partial charge in [-0.25, -0.2) is 17.1 Å². The third-order valence-electron chi connectivity index (χ3n) is 6.07. The molecule has 0 bridgehead atoms. The van der Waals surface area contributed by atoms with Crippen molar-refractivity contribution in [2.45, 2.75) is 23.9 Å². The Hall–Kier alpha value is -3.13. The van der Waals surface area contributed by atoms with Crippen LogP contribution in [-0.2, 0) is 10.0 Å². The van der Waals surface area contributed by atoms with Crippen LogP contribution in [0.15, 0.2) is 94.6 Å². The van der Waals surface area contributed by atoms with Gasteiger partial charge in [-0.3, -0.25) is 9.36 Å². The highest BCUT2D eigenvalue weighted by atomic mass is 35.5. The second-order valence-electron chi connectivity index (χ2n) is 8.32. The third kappa shape index (κ3) is 4.03. The van der Waals surface area contributed by atoms with E-state index in [1.54, 1.807) is 61.5 Å². The molecular weight excluding hydrogens is 510 g/mol. The minimum atomic E-state index is -4.44. The predicted octanol–water partition coefficient (Wildman–Crippen LogP) is 6.14. The summed E-state index contributed by atoms with van der Waals surface area (Å²) in [6.07, 6.45) is 0. The van der Waals surface area contributed by atoms with Crippen LogP contribution in [0.3, 0.4) is 0 Å². The van der Waals surface area contributed by atoms with Crippen LogP contribution in [0.4, 0.5) is 10.2 Å². The molecule has 1 aliphatic heterocycles. The number of hydrogen-bond acceptors (Lipinski definition) is 3. The zero-order valence-electron chi connectivity index (χ0n) is 18.4. The first-order valence-electron chi connectivity index (χ1n) is 10.7. The van der Waals surface area contributed by atoms with Gasteiger partial charge in [-0.1, -0.05) is 59.6 Å². The van der Waals surface area contributed by atoms with Crippen molar-refractivity contribution < 1.29 is 12.8 Å². The maximum Gasteiger partial charge on any atom is 0.269 e. The van der Waals surface area contributed by atoms with E-state index in [9.17, 15) is 17.6 Å². The number of rotatable bonds is 4. The number of hydrogen-bond donors (Lipinski definition) is 0. The van der Waals surface area contributed by atoms with Crippen LogP contribution >= 0.6 is 23.2 Å². The smallest absolute Gasteiger partial charge is 0.269 e. The van der Waals surface area contributed by atoms with Gasteiger partial charge >= 0.3 is 0 Å². The first-order valence-corrected chi connectivity index (χ1v) is 12.9. The lowest BCUT2D eigenvalue weighted by Gasteiger charge is -2.29. The maximum atomic E-state index is 14.9. The van der Waals surface area contributed by atoms with Crippen molar-refractivity contribution in [3.8, 4) is 0 Å². The van der Waals surface area contributed by atoms with Crippen LogP contribution in [0.1, 0.15) is 28.8 Å². The van der Waals surface area contributed by atoms with Gasteiger partial charge in [0.1, 0.15) is 16.5 Å². The normalized spacial score (nSPS) is 17.4. The highest BCUT2D eigenvalue weighted by Crippen LogP contribution is 2.49. The molecule has 35 heavy (non-hydrogen) atoms. The zero-order valence-corrected chi connectivity index (χ0v) is 20.7. The molecule has 5 rings (SSSR count). The van der Waals surface area contributed by atoms with Gasteiger partial charge in [0.25, 0.3) is 15.6 Å². The molecule has 0 radical (unpaired) electrons. The molecule has 178 valence electrons. The standard InChI is InChI=1S/C26H19Cl2FN2O3S/c1-16-5-14-21(29)22(15-16)35(33,34)31-23-3-2-4-24(32)30(23)25(17-6-10-19(27)11-7-17)26(31)18-8-12-20(28)13-9-18/h2-15,25-26H,1H3/t25-,26+/m0/s1. The fraction of sp³-hybridized carbons (Fsp3) is 0.115. The van der Waals surface area contributed by atoms with E-state index in [2.05, 4.69) is 0 Å². The van der Waals surface area contributed by atoms with Crippen molar-refractivity contribution >= 4 is 39.0 Å². The van der Waals surface area contributed by atoms with Crippen LogP contribution < -0.4 is 9.86 Å². The Kier molecular flexibility index (Phi) is 5.95. The van der Waals surface area contributed by atoms with Crippen LogP contribution in [0, 0.1) is 12.7 Å². The van der Waals surface area contributed by atoms with Gasteiger partial charge in [-0.15, -0.1) is 0 Å². The number of sulfonamides is 1. The molecule has 0 N–H and O–H groups in total. The first kappa shape index (κ1) is 23.6. The monoisotopic (exact) mass is 528 g/mol. The minimum absolute atomic E-state index is 0.137. The van der Waals surface area contributed by atoms with Gasteiger partial charge in [-0.05, 0) is 66.1 Å². The Morgan fingerprint density at radius 3 is 1.97 bits per heavy atom. The van der Waals surface area contributed by atoms with Crippen molar-refractivity contribution in [2.75, 3.05) is 4.31 Å². The quantitative estimate of drug-likeness (QED) is 0.319. The molecule has 5 nitrogen and oxygen atoms in total. The second-order valence-corrected chi connectivity index (χ2v) is 11.0. The third-order valence-corrected chi connectivity index (χ3v) is 8.38. The SMILES string of the molecule is Cc1ccc(F)c(S(=O)(=O)N2c3cccc(=O)n3[C@@H](c3ccc(Cl)cc3)[C@H]2c2ccc(Cl)cc2)c1. The minimum Gasteiger partial charge on any atom is -0.284 e. The van der Waals surface area contributed by atoms with E-state index in [1.807, 2.05) is 0 Å². The van der Waals surface area contributed by atoms with Crippen molar-refractivity contribution in [1.29, 1.82) is 0 Å². The number of halogens is 3. The van der Waals surface area contributed by atoms with Gasteiger partial charge < -0.3 is 0 Å². The summed E-state index contributed by atoms with van der Waals surface area (Å²) in [5.74, 6) is -0.733. The molecule has 1 aromatic heterocycles. The average molecular weight is 529 g/mol. The molecule has 1 aliphatic rings. The summed E-state index contributed by atoms with van der Waals surface area (Å²) in [6.45, 7) is 1.69. The number of nitrogens with zero attached hydrogens (tertiary/aromatic N) is 2. The zero-order chi connectivity index (χ0) is 24.9. The number of anilines is 1. The highest BCUT2D eigenvalue weighted by Gasteiger charge is 2.47. The lowest BCUT2D eigenvalue weighted by molar-refractivity contribution is 0.525. The van der Waals surface area contributed by atoms with E-state index in [-0.39, 0.29) is 11.4 Å². The summed E-state index contributed by atoms with van der Waals surface area (Å²) >= 11 is 12.2. The molecule has 2 heterocycles. The number of aryl methyl sites for hydroxylation is 1. The maximum absolute atomic E-state index is 14.9. The van der Waals surface area contributed by atoms with E-state index < -0.39 is 32.8 Å². The number of pyridine rings is 1. The Labute approximate surface area is 212 Å². The fourth-order valence-corrected chi connectivity index (χ4v) is 6.56. The fourth-order valence-electron chi connectivity index (χ4n) is 4.52. The van der Waals surface area contributed by atoms with Gasteiger partial charge in [-0.2, -0.15) is 0 Å². The molecule has 0 aliphatic carbocycles. The van der Waals surface area contributed by atoms with E-state index >= 15 is 0 Å². The summed E-state index contributed by atoms with van der Waals surface area (Å²) in [6, 6.07) is 20.3. The summed E-state index contributed by atoms with van der Waals surface area (Å²) in [4.78, 5) is 12.7. The Balaban J connectivity index is 1.83. The lowest BCUT2D eigenvalue weighted by Crippen LogP contribution is -2.34. The highest BCUT2D eigenvalue weighted by molar-refractivity contribution is 7.92. The van der Waals surface area contributed by atoms with E-state index in [0.29, 0.717) is 26.7 Å². The lowest BCUT2D eigenvalue weighted by atomic mass is 9.94. The number of benzene rings is 3. The molecule has 0 saturated carbocycles. The summed E-state index contributed by atoms with van der Waals surface area (Å²) in [7, 11) is -4.44. The summed E-state index contributed by atoms with van der Waals surface area (Å²) < 4.78 is 45.6. The topological polar surface area (TPSA) is 59.4 Å². The molecule has 9 heteroatoms. The van der Waals surface area contributed by atoms with Crippen molar-refractivity contribution in [3.05, 3.63) is 128 Å². The Morgan fingerprint density at radius 1 is 0.800 bits per heavy atom. The van der Waals surface area contributed by atoms with Gasteiger partial charge in [0.05, 0.1) is 12.1 Å². The van der Waals surface area contributed by atoms with Crippen LogP contribution in [0.2, 0.25) is 10.0 Å². The van der Waals surface area contributed by atoms with Crippen LogP contribution in [0.25, 0.3) is 0 Å². The molecule has 0 unspecified atom stereocenters. The molecule has 2 atom stereocenters. The molecule has 0 amide bonds. The van der Waals surface area contributed by atoms with Gasteiger partial charge in [0, 0.05) is 16.1 Å². The molecule has 0 saturated heterocycles. The number of aromatic nitrogens is 1. The van der Waals surface area contributed by atoms with Gasteiger partial charge in [0.15, 0.2) is 0 Å². The van der Waals surface area contributed by atoms with E-state index in [1.165, 1.54) is 28.8 Å². The van der Waals surface area contributed by atoms with Crippen molar-refractivity contribution in [1.82, 2.24) is 4.57 Å². The van der Waals surface area contributed by atoms with Crippen LogP contribution in [0.5, 0.6) is 0 Å². The predicted molar refractivity (Wildman–Crippen MR) is 135 cm³/mol. The van der Waals surface area contributed by atoms with Gasteiger partial charge in [0.2, 0.25) is 0 Å². The van der Waals surface area contributed by atoms with E-state index in [4.69, 9.17) is 23.2 Å². The largest absolute Gasteiger partial charge is 0.284 e. The molecule has 4 aromatic rings. The molecular formula is C26H19Cl2FN2O3S. The molecule has 0 fully saturated rings. The number of fused-ring (bicyclic) bond motifs is 1.